The Labute approximate surface area is 113 Å². The first-order chi connectivity index (χ1) is 8.70. The van der Waals surface area contributed by atoms with E-state index in [0.717, 1.165) is 10.6 Å². The second-order valence-corrected chi connectivity index (χ2v) is 5.54. The van der Waals surface area contributed by atoms with E-state index in [4.69, 9.17) is 5.26 Å². The molecule has 5 heteroatoms. The number of hydrogen-bond donors (Lipinski definition) is 0. The highest BCUT2D eigenvalue weighted by atomic mass is 32.2. The fourth-order valence-corrected chi connectivity index (χ4v) is 2.83. The van der Waals surface area contributed by atoms with Crippen LogP contribution in [0.1, 0.15) is 12.5 Å². The summed E-state index contributed by atoms with van der Waals surface area (Å²) in [6.45, 7) is 1.53. The topological polar surface area (TPSA) is 53.8 Å². The Kier molecular flexibility index (Phi) is 4.13. The number of thioether (sulfide) groups is 1. The van der Waals surface area contributed by atoms with Crippen molar-refractivity contribution in [3.8, 4) is 16.6 Å². The molecule has 90 valence electrons. The van der Waals surface area contributed by atoms with E-state index in [9.17, 15) is 4.79 Å². The van der Waals surface area contributed by atoms with Crippen LogP contribution in [0.15, 0.2) is 34.7 Å². The highest BCUT2D eigenvalue weighted by Gasteiger charge is 2.09. The van der Waals surface area contributed by atoms with E-state index in [2.05, 4.69) is 11.1 Å². The molecule has 0 radical (unpaired) electrons. The van der Waals surface area contributed by atoms with Gasteiger partial charge in [-0.15, -0.1) is 11.3 Å². The van der Waals surface area contributed by atoms with Gasteiger partial charge in [-0.05, 0) is 30.5 Å². The van der Waals surface area contributed by atoms with Gasteiger partial charge in [-0.3, -0.25) is 4.79 Å². The van der Waals surface area contributed by atoms with Crippen LogP contribution < -0.4 is 0 Å². The molecule has 2 aromatic heterocycles. The summed E-state index contributed by atoms with van der Waals surface area (Å²) in [4.78, 5) is 16.5. The summed E-state index contributed by atoms with van der Waals surface area (Å²) in [5.41, 5.74) is 1.36. The molecule has 0 bridgehead atoms. The molecule has 0 unspecified atom stereocenters. The first-order valence-electron chi connectivity index (χ1n) is 5.28. The summed E-state index contributed by atoms with van der Waals surface area (Å²) in [5, 5.41) is 11.6. The minimum atomic E-state index is 0.0761. The number of nitriles is 1. The van der Waals surface area contributed by atoms with Crippen LogP contribution in [0.3, 0.4) is 0 Å². The smallest absolute Gasteiger partial charge is 0.140 e. The fourth-order valence-electron chi connectivity index (χ4n) is 1.37. The maximum Gasteiger partial charge on any atom is 0.140 e. The first kappa shape index (κ1) is 12.8. The Bertz CT molecular complexity index is 600. The van der Waals surface area contributed by atoms with E-state index in [0.29, 0.717) is 16.3 Å². The monoisotopic (exact) mass is 274 g/mol. The lowest BCUT2D eigenvalue weighted by Gasteiger charge is -2.04. The van der Waals surface area contributed by atoms with Crippen LogP contribution in [0.5, 0.6) is 0 Å². The van der Waals surface area contributed by atoms with Gasteiger partial charge in [0.15, 0.2) is 0 Å². The zero-order valence-corrected chi connectivity index (χ0v) is 11.3. The Hall–Kier alpha value is -1.64. The van der Waals surface area contributed by atoms with Gasteiger partial charge in [0.1, 0.15) is 16.9 Å². The van der Waals surface area contributed by atoms with E-state index in [1.807, 2.05) is 23.6 Å². The maximum atomic E-state index is 11.0. The third-order valence-electron chi connectivity index (χ3n) is 2.17. The SMILES string of the molecule is CC(=O)CSc1nc(-c2cccs2)ccc1C#N. The van der Waals surface area contributed by atoms with Crippen molar-refractivity contribution >= 4 is 28.9 Å². The summed E-state index contributed by atoms with van der Waals surface area (Å²) >= 11 is 2.91. The molecule has 0 saturated heterocycles. The molecule has 0 atom stereocenters. The lowest BCUT2D eigenvalue weighted by Crippen LogP contribution is -1.96. The van der Waals surface area contributed by atoms with Crippen molar-refractivity contribution in [1.29, 1.82) is 5.26 Å². The van der Waals surface area contributed by atoms with Gasteiger partial charge >= 0.3 is 0 Å². The number of nitrogens with zero attached hydrogens (tertiary/aromatic N) is 2. The van der Waals surface area contributed by atoms with Crippen molar-refractivity contribution in [3.05, 3.63) is 35.2 Å². The lowest BCUT2D eigenvalue weighted by atomic mass is 10.2. The predicted molar refractivity (Wildman–Crippen MR) is 73.7 cm³/mol. The van der Waals surface area contributed by atoms with Gasteiger partial charge in [0.25, 0.3) is 0 Å². The molecule has 0 aliphatic rings. The van der Waals surface area contributed by atoms with Gasteiger partial charge in [-0.2, -0.15) is 5.26 Å². The largest absolute Gasteiger partial charge is 0.299 e. The van der Waals surface area contributed by atoms with Crippen molar-refractivity contribution in [2.75, 3.05) is 5.75 Å². The molecular formula is C13H10N2OS2. The molecule has 2 rings (SSSR count). The van der Waals surface area contributed by atoms with E-state index in [1.54, 1.807) is 17.4 Å². The van der Waals surface area contributed by atoms with Crippen molar-refractivity contribution in [3.63, 3.8) is 0 Å². The number of aromatic nitrogens is 1. The lowest BCUT2D eigenvalue weighted by molar-refractivity contribution is -0.114. The zero-order chi connectivity index (χ0) is 13.0. The number of thiophene rings is 1. The van der Waals surface area contributed by atoms with Crippen molar-refractivity contribution in [2.45, 2.75) is 11.9 Å². The van der Waals surface area contributed by atoms with Crippen LogP contribution >= 0.6 is 23.1 Å². The van der Waals surface area contributed by atoms with Crippen LogP contribution in [0.25, 0.3) is 10.6 Å². The average Bonchev–Trinajstić information content (AvgIpc) is 2.89. The summed E-state index contributed by atoms with van der Waals surface area (Å²) in [6.07, 6.45) is 0. The molecule has 0 N–H and O–H groups in total. The van der Waals surface area contributed by atoms with Crippen LogP contribution in [-0.4, -0.2) is 16.5 Å². The third kappa shape index (κ3) is 2.97. The van der Waals surface area contributed by atoms with E-state index in [-0.39, 0.29) is 5.78 Å². The Morgan fingerprint density at radius 2 is 2.33 bits per heavy atom. The molecular weight excluding hydrogens is 264 g/mol. The standard InChI is InChI=1S/C13H10N2OS2/c1-9(16)8-18-13-10(7-14)4-5-11(15-13)12-3-2-6-17-12/h2-6H,8H2,1H3. The number of rotatable bonds is 4. The predicted octanol–water partition coefficient (Wildman–Crippen LogP) is 3.36. The van der Waals surface area contributed by atoms with Crippen LogP contribution in [0, 0.1) is 11.3 Å². The minimum absolute atomic E-state index is 0.0761. The molecule has 0 aliphatic carbocycles. The molecule has 2 heterocycles. The van der Waals surface area contributed by atoms with Crippen molar-refractivity contribution < 1.29 is 4.79 Å². The number of ketones is 1. The highest BCUT2D eigenvalue weighted by molar-refractivity contribution is 8.00. The second kappa shape index (κ2) is 5.80. The van der Waals surface area contributed by atoms with Gasteiger partial charge in [-0.25, -0.2) is 4.98 Å². The molecule has 0 amide bonds. The molecule has 0 spiro atoms. The molecule has 3 nitrogen and oxygen atoms in total. The van der Waals surface area contributed by atoms with Gasteiger partial charge in [0, 0.05) is 0 Å². The van der Waals surface area contributed by atoms with E-state index >= 15 is 0 Å². The molecule has 0 fully saturated rings. The summed E-state index contributed by atoms with van der Waals surface area (Å²) in [6, 6.07) is 9.64. The highest BCUT2D eigenvalue weighted by Crippen LogP contribution is 2.27. The summed E-state index contributed by atoms with van der Waals surface area (Å²) in [7, 11) is 0. The van der Waals surface area contributed by atoms with Crippen molar-refractivity contribution in [1.82, 2.24) is 4.98 Å². The summed E-state index contributed by atoms with van der Waals surface area (Å²) in [5.74, 6) is 0.419. The van der Waals surface area contributed by atoms with Gasteiger partial charge < -0.3 is 0 Å². The Balaban J connectivity index is 2.34. The quantitative estimate of drug-likeness (QED) is 0.802. The Morgan fingerprint density at radius 3 is 2.94 bits per heavy atom. The van der Waals surface area contributed by atoms with Gasteiger partial charge in [-0.1, -0.05) is 17.8 Å². The number of hydrogen-bond acceptors (Lipinski definition) is 5. The molecule has 0 aliphatic heterocycles. The second-order valence-electron chi connectivity index (χ2n) is 3.63. The van der Waals surface area contributed by atoms with Gasteiger partial charge in [0.2, 0.25) is 0 Å². The van der Waals surface area contributed by atoms with Crippen LogP contribution in [0.2, 0.25) is 0 Å². The summed E-state index contributed by atoms with van der Waals surface area (Å²) < 4.78 is 0. The normalized spacial score (nSPS) is 10.0. The molecule has 0 aromatic carbocycles. The van der Waals surface area contributed by atoms with E-state index < -0.39 is 0 Å². The average molecular weight is 274 g/mol. The maximum absolute atomic E-state index is 11.0. The number of pyridine rings is 1. The molecule has 0 saturated carbocycles. The third-order valence-corrected chi connectivity index (χ3v) is 4.19. The van der Waals surface area contributed by atoms with Crippen LogP contribution in [0.4, 0.5) is 0 Å². The molecule has 2 aromatic rings. The fraction of sp³-hybridized carbons (Fsp3) is 0.154. The van der Waals surface area contributed by atoms with Crippen molar-refractivity contribution in [2.24, 2.45) is 0 Å². The zero-order valence-electron chi connectivity index (χ0n) is 9.71. The number of Topliss-reactive ketones (excluding diaryl/α,β-unsaturated/α-hetero) is 1. The van der Waals surface area contributed by atoms with Gasteiger partial charge in [0.05, 0.1) is 21.9 Å². The first-order valence-corrected chi connectivity index (χ1v) is 7.14. The number of carbonyl (C=O) groups is 1. The Morgan fingerprint density at radius 1 is 1.50 bits per heavy atom. The minimum Gasteiger partial charge on any atom is -0.299 e. The van der Waals surface area contributed by atoms with E-state index in [1.165, 1.54) is 18.7 Å². The molecule has 18 heavy (non-hydrogen) atoms. The number of carbonyl (C=O) groups excluding carboxylic acids is 1. The van der Waals surface area contributed by atoms with Crippen LogP contribution in [-0.2, 0) is 4.79 Å².